The largest absolute Gasteiger partial charge is 0.378 e. The van der Waals surface area contributed by atoms with Crippen molar-refractivity contribution < 1.29 is 4.74 Å². The van der Waals surface area contributed by atoms with Crippen molar-refractivity contribution >= 4 is 0 Å². The summed E-state index contributed by atoms with van der Waals surface area (Å²) < 4.78 is 8.22. The third-order valence-corrected chi connectivity index (χ3v) is 3.69. The molecule has 4 nitrogen and oxygen atoms in total. The summed E-state index contributed by atoms with van der Waals surface area (Å²) in [6.07, 6.45) is 8.86. The van der Waals surface area contributed by atoms with E-state index in [0.29, 0.717) is 11.5 Å². The van der Waals surface area contributed by atoms with Crippen molar-refractivity contribution in [2.45, 2.75) is 59.1 Å². The Labute approximate surface area is 122 Å². The summed E-state index contributed by atoms with van der Waals surface area (Å²) in [6.45, 7) is 10.9. The highest BCUT2D eigenvalue weighted by molar-refractivity contribution is 5.01. The number of rotatable bonds is 6. The quantitative estimate of drug-likeness (QED) is 0.814. The van der Waals surface area contributed by atoms with Crippen LogP contribution in [0.4, 0.5) is 0 Å². The second-order valence-corrected chi connectivity index (χ2v) is 6.99. The van der Waals surface area contributed by atoms with Crippen molar-refractivity contribution in [1.29, 1.82) is 0 Å². The molecule has 1 aromatic heterocycles. The minimum Gasteiger partial charge on any atom is -0.378 e. The fourth-order valence-electron chi connectivity index (χ4n) is 2.69. The first-order valence-electron chi connectivity index (χ1n) is 7.86. The summed E-state index contributed by atoms with van der Waals surface area (Å²) in [7, 11) is 0. The van der Waals surface area contributed by atoms with E-state index >= 15 is 0 Å². The number of hydrogen-bond donors (Lipinski definition) is 1. The van der Waals surface area contributed by atoms with Gasteiger partial charge in [0.15, 0.2) is 0 Å². The first-order valence-corrected chi connectivity index (χ1v) is 7.86. The highest BCUT2D eigenvalue weighted by atomic mass is 16.5. The van der Waals surface area contributed by atoms with Gasteiger partial charge < -0.3 is 14.6 Å². The van der Waals surface area contributed by atoms with E-state index in [0.717, 1.165) is 51.9 Å². The smallest absolute Gasteiger partial charge is 0.0948 e. The minimum absolute atomic E-state index is 0.309. The molecule has 0 unspecified atom stereocenters. The lowest BCUT2D eigenvalue weighted by Crippen LogP contribution is -2.32. The lowest BCUT2D eigenvalue weighted by atomic mass is 9.91. The molecule has 0 bridgehead atoms. The lowest BCUT2D eigenvalue weighted by Gasteiger charge is -2.23. The minimum atomic E-state index is 0.309. The molecule has 1 saturated heterocycles. The Balaban J connectivity index is 1.70. The first kappa shape index (κ1) is 15.5. The van der Waals surface area contributed by atoms with Gasteiger partial charge in [0.25, 0.3) is 0 Å². The van der Waals surface area contributed by atoms with Crippen molar-refractivity contribution in [3.8, 4) is 0 Å². The van der Waals surface area contributed by atoms with Crippen molar-refractivity contribution in [2.24, 2.45) is 5.41 Å². The maximum Gasteiger partial charge on any atom is 0.0948 e. The molecular weight excluding hydrogens is 250 g/mol. The van der Waals surface area contributed by atoms with Gasteiger partial charge >= 0.3 is 0 Å². The van der Waals surface area contributed by atoms with Crippen LogP contribution in [-0.4, -0.2) is 35.4 Å². The Hall–Kier alpha value is -0.870. The molecule has 0 aliphatic carbocycles. The molecule has 2 rings (SSSR count). The maximum absolute atomic E-state index is 5.95. The Morgan fingerprint density at radius 2 is 2.10 bits per heavy atom. The van der Waals surface area contributed by atoms with Gasteiger partial charge in [0.1, 0.15) is 0 Å². The molecule has 0 saturated carbocycles. The van der Waals surface area contributed by atoms with Crippen molar-refractivity contribution in [3.05, 3.63) is 18.2 Å². The van der Waals surface area contributed by atoms with Crippen molar-refractivity contribution in [1.82, 2.24) is 14.9 Å². The number of nitrogens with one attached hydrogen (secondary N) is 1. The summed E-state index contributed by atoms with van der Waals surface area (Å²) >= 11 is 0. The molecule has 1 N–H and O–H groups in total. The predicted octanol–water partition coefficient (Wildman–Crippen LogP) is 2.63. The molecule has 1 fully saturated rings. The van der Waals surface area contributed by atoms with Gasteiger partial charge in [-0.1, -0.05) is 20.8 Å². The molecule has 20 heavy (non-hydrogen) atoms. The average molecular weight is 279 g/mol. The SMILES string of the molecule is CC(C)(C)Cc1cncn1CCCOC1CCNCC1. The van der Waals surface area contributed by atoms with Gasteiger partial charge in [-0.15, -0.1) is 0 Å². The summed E-state index contributed by atoms with van der Waals surface area (Å²) in [5.41, 5.74) is 1.64. The van der Waals surface area contributed by atoms with Crippen LogP contribution in [-0.2, 0) is 17.7 Å². The topological polar surface area (TPSA) is 39.1 Å². The van der Waals surface area contributed by atoms with E-state index in [-0.39, 0.29) is 0 Å². The second kappa shape index (κ2) is 7.23. The maximum atomic E-state index is 5.95. The van der Waals surface area contributed by atoms with E-state index in [4.69, 9.17) is 4.74 Å². The van der Waals surface area contributed by atoms with E-state index in [9.17, 15) is 0 Å². The fraction of sp³-hybridized carbons (Fsp3) is 0.812. The van der Waals surface area contributed by atoms with Gasteiger partial charge in [-0.25, -0.2) is 4.98 Å². The Kier molecular flexibility index (Phi) is 5.61. The zero-order valence-corrected chi connectivity index (χ0v) is 13.2. The predicted molar refractivity (Wildman–Crippen MR) is 81.8 cm³/mol. The van der Waals surface area contributed by atoms with Crippen LogP contribution in [0.3, 0.4) is 0 Å². The van der Waals surface area contributed by atoms with E-state index < -0.39 is 0 Å². The summed E-state index contributed by atoms with van der Waals surface area (Å²) in [6, 6.07) is 0. The van der Waals surface area contributed by atoms with Gasteiger partial charge in [-0.2, -0.15) is 0 Å². The average Bonchev–Trinajstić information content (AvgIpc) is 2.81. The molecular formula is C16H29N3O. The molecule has 4 heteroatoms. The summed E-state index contributed by atoms with van der Waals surface area (Å²) in [5.74, 6) is 0. The van der Waals surface area contributed by atoms with E-state index in [1.807, 2.05) is 12.5 Å². The number of ether oxygens (including phenoxy) is 1. The van der Waals surface area contributed by atoms with E-state index in [2.05, 4.69) is 35.6 Å². The van der Waals surface area contributed by atoms with Crippen LogP contribution in [0.25, 0.3) is 0 Å². The van der Waals surface area contributed by atoms with Gasteiger partial charge in [-0.3, -0.25) is 0 Å². The number of aryl methyl sites for hydroxylation is 1. The number of hydrogen-bond acceptors (Lipinski definition) is 3. The van der Waals surface area contributed by atoms with Crippen LogP contribution in [0.1, 0.15) is 45.7 Å². The van der Waals surface area contributed by atoms with Crippen LogP contribution in [0.15, 0.2) is 12.5 Å². The van der Waals surface area contributed by atoms with Gasteiger partial charge in [-0.05, 0) is 44.2 Å². The van der Waals surface area contributed by atoms with Crippen LogP contribution in [0, 0.1) is 5.41 Å². The van der Waals surface area contributed by atoms with Crippen molar-refractivity contribution in [2.75, 3.05) is 19.7 Å². The van der Waals surface area contributed by atoms with E-state index in [1.165, 1.54) is 5.69 Å². The third-order valence-electron chi connectivity index (χ3n) is 3.69. The summed E-state index contributed by atoms with van der Waals surface area (Å²) in [4.78, 5) is 4.29. The number of piperidine rings is 1. The fourth-order valence-corrected chi connectivity index (χ4v) is 2.69. The second-order valence-electron chi connectivity index (χ2n) is 6.99. The first-order chi connectivity index (χ1) is 9.54. The molecule has 0 atom stereocenters. The monoisotopic (exact) mass is 279 g/mol. The van der Waals surface area contributed by atoms with Gasteiger partial charge in [0, 0.05) is 25.0 Å². The van der Waals surface area contributed by atoms with Crippen LogP contribution < -0.4 is 5.32 Å². The molecule has 1 aliphatic heterocycles. The third kappa shape index (κ3) is 5.25. The van der Waals surface area contributed by atoms with Crippen LogP contribution in [0.2, 0.25) is 0 Å². The molecule has 1 aromatic rings. The highest BCUT2D eigenvalue weighted by Gasteiger charge is 2.15. The normalized spacial score (nSPS) is 17.6. The van der Waals surface area contributed by atoms with Gasteiger partial charge in [0.2, 0.25) is 0 Å². The van der Waals surface area contributed by atoms with E-state index in [1.54, 1.807) is 0 Å². The standard InChI is InChI=1S/C16H29N3O/c1-16(2,3)11-14-12-18-13-19(14)9-4-10-20-15-5-7-17-8-6-15/h12-13,15,17H,4-11H2,1-3H3. The van der Waals surface area contributed by atoms with Crippen LogP contribution in [0.5, 0.6) is 0 Å². The van der Waals surface area contributed by atoms with Gasteiger partial charge in [0.05, 0.1) is 12.4 Å². The van der Waals surface area contributed by atoms with Crippen LogP contribution >= 0.6 is 0 Å². The molecule has 1 aliphatic rings. The Bertz CT molecular complexity index is 389. The molecule has 0 spiro atoms. The molecule has 0 aromatic carbocycles. The number of imidazole rings is 1. The molecule has 0 amide bonds. The number of nitrogens with zero attached hydrogens (tertiary/aromatic N) is 2. The Morgan fingerprint density at radius 3 is 2.80 bits per heavy atom. The molecule has 114 valence electrons. The zero-order valence-electron chi connectivity index (χ0n) is 13.2. The Morgan fingerprint density at radius 1 is 1.35 bits per heavy atom. The molecule has 0 radical (unpaired) electrons. The zero-order chi connectivity index (χ0) is 14.4. The lowest BCUT2D eigenvalue weighted by molar-refractivity contribution is 0.0300. The van der Waals surface area contributed by atoms with Crippen molar-refractivity contribution in [3.63, 3.8) is 0 Å². The molecule has 2 heterocycles. The number of aromatic nitrogens is 2. The summed E-state index contributed by atoms with van der Waals surface area (Å²) in [5, 5.41) is 3.36. The highest BCUT2D eigenvalue weighted by Crippen LogP contribution is 2.20.